The number of piperidine rings is 1. The predicted octanol–water partition coefficient (Wildman–Crippen LogP) is 1.93. The first kappa shape index (κ1) is 13.8. The van der Waals surface area contributed by atoms with Crippen molar-refractivity contribution in [1.29, 1.82) is 0 Å². The minimum Gasteiger partial charge on any atom is -0.308 e. The summed E-state index contributed by atoms with van der Waals surface area (Å²) in [5.74, 6) is 0.901. The number of nitrogens with one attached hydrogen (secondary N) is 1. The molecule has 2 heterocycles. The van der Waals surface area contributed by atoms with Gasteiger partial charge in [-0.15, -0.1) is 0 Å². The van der Waals surface area contributed by atoms with Crippen LogP contribution in [0, 0.1) is 5.92 Å². The maximum absolute atomic E-state index is 3.87. The highest BCUT2D eigenvalue weighted by Gasteiger charge is 2.40. The van der Waals surface area contributed by atoms with Crippen molar-refractivity contribution in [2.75, 3.05) is 39.8 Å². The number of nitrogens with zero attached hydrogens (tertiary/aromatic N) is 2. The van der Waals surface area contributed by atoms with Crippen LogP contribution in [0.4, 0.5) is 0 Å². The minimum atomic E-state index is 0.479. The van der Waals surface area contributed by atoms with E-state index in [0.717, 1.165) is 12.0 Å². The van der Waals surface area contributed by atoms with Crippen molar-refractivity contribution in [3.8, 4) is 0 Å². The van der Waals surface area contributed by atoms with Crippen LogP contribution in [-0.4, -0.2) is 61.2 Å². The number of hydrogen-bond acceptors (Lipinski definition) is 3. The zero-order chi connectivity index (χ0) is 13.3. The van der Waals surface area contributed by atoms with Crippen molar-refractivity contribution in [2.45, 2.75) is 57.0 Å². The van der Waals surface area contributed by atoms with Crippen LogP contribution in [0.5, 0.6) is 0 Å². The summed E-state index contributed by atoms with van der Waals surface area (Å²) in [6.07, 6.45) is 8.51. The molecule has 3 heteroatoms. The normalized spacial score (nSPS) is 36.9. The summed E-state index contributed by atoms with van der Waals surface area (Å²) in [5, 5.41) is 3.87. The summed E-state index contributed by atoms with van der Waals surface area (Å²) < 4.78 is 0. The van der Waals surface area contributed by atoms with E-state index in [1.165, 1.54) is 71.2 Å². The Morgan fingerprint density at radius 3 is 2.74 bits per heavy atom. The van der Waals surface area contributed by atoms with Crippen molar-refractivity contribution < 1.29 is 0 Å². The number of likely N-dealkylation sites (tertiary alicyclic amines) is 1. The van der Waals surface area contributed by atoms with E-state index < -0.39 is 0 Å². The molecule has 0 radical (unpaired) electrons. The molecule has 110 valence electrons. The maximum atomic E-state index is 3.87. The smallest absolute Gasteiger partial charge is 0.0309 e. The van der Waals surface area contributed by atoms with E-state index in [0.29, 0.717) is 5.54 Å². The Kier molecular flexibility index (Phi) is 4.16. The summed E-state index contributed by atoms with van der Waals surface area (Å²) in [7, 11) is 2.28. The second kappa shape index (κ2) is 5.71. The van der Waals surface area contributed by atoms with Gasteiger partial charge in [-0.05, 0) is 52.1 Å². The van der Waals surface area contributed by atoms with Gasteiger partial charge in [0.15, 0.2) is 0 Å². The summed E-state index contributed by atoms with van der Waals surface area (Å²) in [6.45, 7) is 8.84. The standard InChI is InChI=1S/C16H31N3/c1-14-10-17-16(7-3-4-8-16)13-19(14)12-15-6-5-9-18(2)11-15/h14-15,17H,3-13H2,1-2H3. The second-order valence-corrected chi connectivity index (χ2v) is 7.42. The van der Waals surface area contributed by atoms with E-state index in [2.05, 4.69) is 29.1 Å². The lowest BCUT2D eigenvalue weighted by molar-refractivity contribution is 0.0590. The van der Waals surface area contributed by atoms with Crippen LogP contribution in [0.15, 0.2) is 0 Å². The van der Waals surface area contributed by atoms with Gasteiger partial charge in [-0.1, -0.05) is 12.8 Å². The Morgan fingerprint density at radius 1 is 1.21 bits per heavy atom. The van der Waals surface area contributed by atoms with Crippen LogP contribution < -0.4 is 5.32 Å². The van der Waals surface area contributed by atoms with Gasteiger partial charge in [0.2, 0.25) is 0 Å². The molecule has 0 aromatic carbocycles. The Hall–Kier alpha value is -0.120. The Bertz CT molecular complexity index is 298. The van der Waals surface area contributed by atoms with Gasteiger partial charge in [0.1, 0.15) is 0 Å². The molecule has 3 aliphatic rings. The zero-order valence-electron chi connectivity index (χ0n) is 12.8. The van der Waals surface area contributed by atoms with Crippen molar-refractivity contribution in [3.05, 3.63) is 0 Å². The van der Waals surface area contributed by atoms with Crippen LogP contribution in [-0.2, 0) is 0 Å². The Morgan fingerprint density at radius 2 is 2.00 bits per heavy atom. The molecular weight excluding hydrogens is 234 g/mol. The number of hydrogen-bond donors (Lipinski definition) is 1. The van der Waals surface area contributed by atoms with Crippen LogP contribution in [0.2, 0.25) is 0 Å². The van der Waals surface area contributed by atoms with Gasteiger partial charge in [-0.2, -0.15) is 0 Å². The SMILES string of the molecule is CC1CNC2(CCCC2)CN1CC1CCCN(C)C1. The third kappa shape index (κ3) is 3.14. The van der Waals surface area contributed by atoms with Crippen LogP contribution in [0.3, 0.4) is 0 Å². The van der Waals surface area contributed by atoms with E-state index >= 15 is 0 Å². The Balaban J connectivity index is 1.58. The summed E-state index contributed by atoms with van der Waals surface area (Å²) in [6, 6.07) is 0.721. The lowest BCUT2D eigenvalue weighted by Gasteiger charge is -2.47. The molecule has 0 aromatic heterocycles. The fraction of sp³-hybridized carbons (Fsp3) is 1.00. The first-order valence-electron chi connectivity index (χ1n) is 8.34. The molecule has 1 aliphatic carbocycles. The van der Waals surface area contributed by atoms with Gasteiger partial charge in [-0.3, -0.25) is 4.90 Å². The average molecular weight is 265 g/mol. The molecule has 2 aliphatic heterocycles. The topological polar surface area (TPSA) is 18.5 Å². The largest absolute Gasteiger partial charge is 0.308 e. The second-order valence-electron chi connectivity index (χ2n) is 7.42. The van der Waals surface area contributed by atoms with Crippen molar-refractivity contribution in [3.63, 3.8) is 0 Å². The average Bonchev–Trinajstić information content (AvgIpc) is 2.83. The van der Waals surface area contributed by atoms with Crippen LogP contribution in [0.25, 0.3) is 0 Å². The molecular formula is C16H31N3. The maximum Gasteiger partial charge on any atom is 0.0309 e. The molecule has 2 atom stereocenters. The Labute approximate surface area is 118 Å². The van der Waals surface area contributed by atoms with Gasteiger partial charge in [0.25, 0.3) is 0 Å². The highest BCUT2D eigenvalue weighted by molar-refractivity contribution is 5.00. The van der Waals surface area contributed by atoms with Gasteiger partial charge in [0.05, 0.1) is 0 Å². The van der Waals surface area contributed by atoms with Gasteiger partial charge < -0.3 is 10.2 Å². The van der Waals surface area contributed by atoms with E-state index in [9.17, 15) is 0 Å². The molecule has 1 saturated carbocycles. The molecule has 3 fully saturated rings. The molecule has 0 amide bonds. The highest BCUT2D eigenvalue weighted by Crippen LogP contribution is 2.33. The summed E-state index contributed by atoms with van der Waals surface area (Å²) in [5.41, 5.74) is 0.479. The highest BCUT2D eigenvalue weighted by atomic mass is 15.3. The monoisotopic (exact) mass is 265 g/mol. The molecule has 1 N–H and O–H groups in total. The van der Waals surface area contributed by atoms with Gasteiger partial charge in [0, 0.05) is 37.8 Å². The molecule has 3 nitrogen and oxygen atoms in total. The first-order chi connectivity index (χ1) is 9.17. The molecule has 0 aromatic rings. The molecule has 2 unspecified atom stereocenters. The molecule has 2 saturated heterocycles. The van der Waals surface area contributed by atoms with Crippen molar-refractivity contribution in [1.82, 2.24) is 15.1 Å². The third-order valence-electron chi connectivity index (χ3n) is 5.68. The zero-order valence-corrected chi connectivity index (χ0v) is 12.8. The lowest BCUT2D eigenvalue weighted by Crippen LogP contribution is -2.63. The van der Waals surface area contributed by atoms with E-state index in [-0.39, 0.29) is 0 Å². The molecule has 0 bridgehead atoms. The van der Waals surface area contributed by atoms with E-state index in [4.69, 9.17) is 0 Å². The van der Waals surface area contributed by atoms with E-state index in [1.807, 2.05) is 0 Å². The number of piperazine rings is 1. The number of rotatable bonds is 2. The van der Waals surface area contributed by atoms with Gasteiger partial charge >= 0.3 is 0 Å². The quantitative estimate of drug-likeness (QED) is 0.823. The summed E-state index contributed by atoms with van der Waals surface area (Å²) in [4.78, 5) is 5.32. The van der Waals surface area contributed by atoms with Gasteiger partial charge in [-0.25, -0.2) is 0 Å². The predicted molar refractivity (Wildman–Crippen MR) is 80.5 cm³/mol. The molecule has 1 spiro atoms. The minimum absolute atomic E-state index is 0.479. The molecule has 3 rings (SSSR count). The fourth-order valence-corrected chi connectivity index (χ4v) is 4.48. The first-order valence-corrected chi connectivity index (χ1v) is 8.34. The van der Waals surface area contributed by atoms with E-state index in [1.54, 1.807) is 0 Å². The van der Waals surface area contributed by atoms with Crippen LogP contribution in [0.1, 0.15) is 45.4 Å². The molecule has 19 heavy (non-hydrogen) atoms. The third-order valence-corrected chi connectivity index (χ3v) is 5.68. The summed E-state index contributed by atoms with van der Waals surface area (Å²) >= 11 is 0. The van der Waals surface area contributed by atoms with Crippen molar-refractivity contribution >= 4 is 0 Å². The van der Waals surface area contributed by atoms with Crippen LogP contribution >= 0.6 is 0 Å². The fourth-order valence-electron chi connectivity index (χ4n) is 4.48. The van der Waals surface area contributed by atoms with Crippen molar-refractivity contribution in [2.24, 2.45) is 5.92 Å². The lowest BCUT2D eigenvalue weighted by atomic mass is 9.90.